The molecule has 2 rings (SSSR count). The van der Waals surface area contributed by atoms with E-state index < -0.39 is 10.0 Å². The number of benzene rings is 1. The van der Waals surface area contributed by atoms with Crippen LogP contribution in [0.2, 0.25) is 0 Å². The van der Waals surface area contributed by atoms with Gasteiger partial charge in [0, 0.05) is 11.4 Å². The molecule has 100 valence electrons. The van der Waals surface area contributed by atoms with Gasteiger partial charge in [-0.1, -0.05) is 34.5 Å². The van der Waals surface area contributed by atoms with E-state index in [1.165, 1.54) is 6.42 Å². The lowest BCUT2D eigenvalue weighted by Gasteiger charge is -2.15. The van der Waals surface area contributed by atoms with Crippen molar-refractivity contribution in [3.63, 3.8) is 0 Å². The predicted octanol–water partition coefficient (Wildman–Crippen LogP) is 2.84. The molecule has 0 saturated heterocycles. The molecule has 0 aliphatic heterocycles. The summed E-state index contributed by atoms with van der Waals surface area (Å²) in [4.78, 5) is 0.796. The van der Waals surface area contributed by atoms with E-state index in [0.29, 0.717) is 22.2 Å². The molecule has 0 spiro atoms. The number of hydrogen-bond donors (Lipinski definition) is 1. The first-order valence-corrected chi connectivity index (χ1v) is 8.59. The molecule has 0 heterocycles. The van der Waals surface area contributed by atoms with Crippen LogP contribution < -0.4 is 4.72 Å². The van der Waals surface area contributed by atoms with Crippen molar-refractivity contribution < 1.29 is 8.42 Å². The van der Waals surface area contributed by atoms with Gasteiger partial charge >= 0.3 is 0 Å². The van der Waals surface area contributed by atoms with Gasteiger partial charge < -0.3 is 0 Å². The second-order valence-corrected chi connectivity index (χ2v) is 7.82. The molecule has 2 unspecified atom stereocenters. The first-order chi connectivity index (χ1) is 8.49. The first-order valence-electron chi connectivity index (χ1n) is 6.19. The fraction of sp³-hybridized carbons (Fsp3) is 0.538. The molecule has 2 atom stereocenters. The molecule has 1 fully saturated rings. The number of hydrogen-bond acceptors (Lipinski definition) is 2. The molecule has 0 radical (unpaired) electrons. The molecule has 3 nitrogen and oxygen atoms in total. The van der Waals surface area contributed by atoms with Crippen LogP contribution in [-0.4, -0.2) is 19.8 Å². The number of halogens is 1. The SMILES string of the molecule is Cc1cccc(S(=O)(=O)NCC2CCCC2Br)c1. The molecule has 1 aliphatic carbocycles. The summed E-state index contributed by atoms with van der Waals surface area (Å²) in [6.45, 7) is 2.41. The normalized spacial score (nSPS) is 24.3. The van der Waals surface area contributed by atoms with Crippen molar-refractivity contribution in [1.82, 2.24) is 4.72 Å². The Labute approximate surface area is 117 Å². The summed E-state index contributed by atoms with van der Waals surface area (Å²) >= 11 is 3.61. The number of rotatable bonds is 4. The zero-order valence-electron chi connectivity index (χ0n) is 10.4. The smallest absolute Gasteiger partial charge is 0.211 e. The van der Waals surface area contributed by atoms with E-state index in [9.17, 15) is 8.42 Å². The van der Waals surface area contributed by atoms with Crippen LogP contribution in [-0.2, 0) is 10.0 Å². The van der Waals surface area contributed by atoms with Crippen LogP contribution in [0.25, 0.3) is 0 Å². The van der Waals surface area contributed by atoms with Gasteiger partial charge in [0.05, 0.1) is 4.90 Å². The molecular weight excluding hydrogens is 314 g/mol. The summed E-state index contributed by atoms with van der Waals surface area (Å²) in [5.74, 6) is 0.407. The molecule has 0 aromatic heterocycles. The van der Waals surface area contributed by atoms with Crippen LogP contribution in [0.3, 0.4) is 0 Å². The molecule has 1 N–H and O–H groups in total. The van der Waals surface area contributed by atoms with Crippen molar-refractivity contribution in [1.29, 1.82) is 0 Å². The predicted molar refractivity (Wildman–Crippen MR) is 76.4 cm³/mol. The zero-order chi connectivity index (χ0) is 13.2. The lowest BCUT2D eigenvalue weighted by molar-refractivity contribution is 0.529. The summed E-state index contributed by atoms with van der Waals surface area (Å²) < 4.78 is 27.0. The van der Waals surface area contributed by atoms with Crippen LogP contribution in [0.4, 0.5) is 0 Å². The van der Waals surface area contributed by atoms with Crippen molar-refractivity contribution in [3.8, 4) is 0 Å². The molecule has 18 heavy (non-hydrogen) atoms. The van der Waals surface area contributed by atoms with Gasteiger partial charge in [0.1, 0.15) is 0 Å². The van der Waals surface area contributed by atoms with Crippen molar-refractivity contribution in [2.45, 2.75) is 35.9 Å². The molecular formula is C13H18BrNO2S. The Hall–Kier alpha value is -0.390. The van der Waals surface area contributed by atoms with E-state index in [4.69, 9.17) is 0 Å². The number of alkyl halides is 1. The summed E-state index contributed by atoms with van der Waals surface area (Å²) in [5.41, 5.74) is 0.956. The fourth-order valence-electron chi connectivity index (χ4n) is 2.30. The Balaban J connectivity index is 2.03. The number of nitrogens with one attached hydrogen (secondary N) is 1. The van der Waals surface area contributed by atoms with Crippen LogP contribution >= 0.6 is 15.9 Å². The van der Waals surface area contributed by atoms with Crippen LogP contribution in [0.1, 0.15) is 24.8 Å². The molecule has 1 aromatic carbocycles. The van der Waals surface area contributed by atoms with Crippen molar-refractivity contribution in [2.75, 3.05) is 6.54 Å². The average molecular weight is 332 g/mol. The Morgan fingerprint density at radius 3 is 2.78 bits per heavy atom. The second-order valence-electron chi connectivity index (χ2n) is 4.88. The average Bonchev–Trinajstić information content (AvgIpc) is 2.72. The second kappa shape index (κ2) is 5.72. The van der Waals surface area contributed by atoms with Crippen LogP contribution in [0.5, 0.6) is 0 Å². The van der Waals surface area contributed by atoms with Gasteiger partial charge in [-0.05, 0) is 43.4 Å². The Kier molecular flexibility index (Phi) is 4.45. The summed E-state index contributed by atoms with van der Waals surface area (Å²) in [7, 11) is -3.36. The Morgan fingerprint density at radius 1 is 1.39 bits per heavy atom. The first kappa shape index (κ1) is 14.0. The lowest BCUT2D eigenvalue weighted by Crippen LogP contribution is -2.31. The topological polar surface area (TPSA) is 46.2 Å². The third-order valence-electron chi connectivity index (χ3n) is 3.40. The van der Waals surface area contributed by atoms with E-state index in [2.05, 4.69) is 20.7 Å². The largest absolute Gasteiger partial charge is 0.240 e. The summed E-state index contributed by atoms with van der Waals surface area (Å²) in [6, 6.07) is 7.00. The fourth-order valence-corrected chi connectivity index (χ4v) is 4.28. The molecule has 0 amide bonds. The standard InChI is InChI=1S/C13H18BrNO2S/c1-10-4-2-6-12(8-10)18(16,17)15-9-11-5-3-7-13(11)14/h2,4,6,8,11,13,15H,3,5,7,9H2,1H3. The summed E-state index contributed by atoms with van der Waals surface area (Å²) in [5, 5.41) is 0. The maximum atomic E-state index is 12.1. The van der Waals surface area contributed by atoms with Crippen LogP contribution in [0, 0.1) is 12.8 Å². The van der Waals surface area contributed by atoms with E-state index in [-0.39, 0.29) is 0 Å². The van der Waals surface area contributed by atoms with E-state index in [1.807, 2.05) is 13.0 Å². The van der Waals surface area contributed by atoms with Gasteiger partial charge in [-0.3, -0.25) is 0 Å². The molecule has 1 aliphatic rings. The van der Waals surface area contributed by atoms with Gasteiger partial charge in [0.2, 0.25) is 10.0 Å². The highest BCUT2D eigenvalue weighted by Gasteiger charge is 2.26. The molecule has 5 heteroatoms. The lowest BCUT2D eigenvalue weighted by atomic mass is 10.1. The van der Waals surface area contributed by atoms with E-state index >= 15 is 0 Å². The molecule has 1 aromatic rings. The van der Waals surface area contributed by atoms with Crippen molar-refractivity contribution in [2.24, 2.45) is 5.92 Å². The number of aryl methyl sites for hydroxylation is 1. The third kappa shape index (κ3) is 3.33. The minimum atomic E-state index is -3.36. The monoisotopic (exact) mass is 331 g/mol. The summed E-state index contributed by atoms with van der Waals surface area (Å²) in [6.07, 6.45) is 3.40. The highest BCUT2D eigenvalue weighted by atomic mass is 79.9. The highest BCUT2D eigenvalue weighted by Crippen LogP contribution is 2.31. The van der Waals surface area contributed by atoms with Crippen LogP contribution in [0.15, 0.2) is 29.2 Å². The Morgan fingerprint density at radius 2 is 2.17 bits per heavy atom. The third-order valence-corrected chi connectivity index (χ3v) is 6.03. The zero-order valence-corrected chi connectivity index (χ0v) is 12.8. The highest BCUT2D eigenvalue weighted by molar-refractivity contribution is 9.09. The van der Waals surface area contributed by atoms with Gasteiger partial charge in [0.25, 0.3) is 0 Å². The van der Waals surface area contributed by atoms with E-state index in [1.54, 1.807) is 18.2 Å². The maximum Gasteiger partial charge on any atom is 0.240 e. The molecule has 1 saturated carbocycles. The van der Waals surface area contributed by atoms with E-state index in [0.717, 1.165) is 18.4 Å². The Bertz CT molecular complexity index is 515. The maximum absolute atomic E-state index is 12.1. The minimum absolute atomic E-state index is 0.353. The number of sulfonamides is 1. The molecule has 0 bridgehead atoms. The minimum Gasteiger partial charge on any atom is -0.211 e. The van der Waals surface area contributed by atoms with Gasteiger partial charge in [0.15, 0.2) is 0 Å². The van der Waals surface area contributed by atoms with Crippen molar-refractivity contribution in [3.05, 3.63) is 29.8 Å². The van der Waals surface area contributed by atoms with Gasteiger partial charge in [-0.25, -0.2) is 13.1 Å². The van der Waals surface area contributed by atoms with Gasteiger partial charge in [-0.2, -0.15) is 0 Å². The van der Waals surface area contributed by atoms with Crippen molar-refractivity contribution >= 4 is 26.0 Å². The quantitative estimate of drug-likeness (QED) is 0.862. The van der Waals surface area contributed by atoms with Gasteiger partial charge in [-0.15, -0.1) is 0 Å².